The molecule has 1 aliphatic rings. The molecule has 4 heterocycles. The van der Waals surface area contributed by atoms with Gasteiger partial charge in [0.2, 0.25) is 21.9 Å². The van der Waals surface area contributed by atoms with Gasteiger partial charge in [0, 0.05) is 19.1 Å². The number of fused-ring (bicyclic) bond motifs is 3. The van der Waals surface area contributed by atoms with Gasteiger partial charge in [0.15, 0.2) is 17.3 Å². The lowest BCUT2D eigenvalue weighted by molar-refractivity contribution is 0.126. The van der Waals surface area contributed by atoms with Crippen LogP contribution in [0.5, 0.6) is 17.4 Å². The van der Waals surface area contributed by atoms with Gasteiger partial charge in [-0.05, 0) is 13.0 Å². The van der Waals surface area contributed by atoms with Crippen LogP contribution in [0, 0.1) is 0 Å². The van der Waals surface area contributed by atoms with Gasteiger partial charge in [-0.2, -0.15) is 0 Å². The van der Waals surface area contributed by atoms with Crippen LogP contribution in [0.25, 0.3) is 11.5 Å². The Morgan fingerprint density at radius 3 is 2.54 bits per heavy atom. The zero-order valence-corrected chi connectivity index (χ0v) is 20.8. The van der Waals surface area contributed by atoms with Crippen molar-refractivity contribution in [2.24, 2.45) is 0 Å². The zero-order valence-electron chi connectivity index (χ0n) is 20.0. The largest absolute Gasteiger partial charge is 0.494 e. The molecule has 3 aromatic rings. The van der Waals surface area contributed by atoms with Gasteiger partial charge in [-0.15, -0.1) is 10.2 Å². The van der Waals surface area contributed by atoms with E-state index in [1.165, 1.54) is 26.6 Å². The topological polar surface area (TPSA) is 152 Å². The van der Waals surface area contributed by atoms with Crippen molar-refractivity contribution in [2.75, 3.05) is 39.3 Å². The first-order valence-corrected chi connectivity index (χ1v) is 12.3. The highest BCUT2D eigenvalue weighted by atomic mass is 32.2. The molecule has 0 aromatic carbocycles. The van der Waals surface area contributed by atoms with Crippen LogP contribution in [0.1, 0.15) is 31.6 Å². The molecule has 3 aromatic heterocycles. The van der Waals surface area contributed by atoms with Gasteiger partial charge in [0.25, 0.3) is 0 Å². The van der Waals surface area contributed by atoms with E-state index >= 15 is 0 Å². The van der Waals surface area contributed by atoms with Gasteiger partial charge in [0.05, 0.1) is 44.5 Å². The van der Waals surface area contributed by atoms with Gasteiger partial charge in [-0.1, -0.05) is 6.92 Å². The number of pyridine rings is 1. The Hall–Kier alpha value is -3.52. The molecule has 0 fully saturated rings. The Balaban J connectivity index is 1.68. The van der Waals surface area contributed by atoms with Crippen molar-refractivity contribution in [1.29, 1.82) is 0 Å². The molecular weight excluding hydrogens is 478 g/mol. The molecule has 0 saturated heterocycles. The van der Waals surface area contributed by atoms with Crippen LogP contribution in [-0.2, 0) is 14.8 Å². The zero-order chi connectivity index (χ0) is 25.2. The first-order valence-electron chi connectivity index (χ1n) is 10.8. The molecule has 1 aliphatic heterocycles. The fraction of sp³-hybridized carbons (Fsp3) is 0.476. The highest BCUT2D eigenvalue weighted by Crippen LogP contribution is 2.36. The molecule has 14 heteroatoms. The number of anilines is 1. The molecule has 35 heavy (non-hydrogen) atoms. The van der Waals surface area contributed by atoms with E-state index < -0.39 is 27.2 Å². The summed E-state index contributed by atoms with van der Waals surface area (Å²) in [5, 5.41) is 7.47. The van der Waals surface area contributed by atoms with Crippen molar-refractivity contribution in [3.05, 3.63) is 30.4 Å². The van der Waals surface area contributed by atoms with Crippen molar-refractivity contribution in [1.82, 2.24) is 29.7 Å². The van der Waals surface area contributed by atoms with Crippen LogP contribution < -0.4 is 18.9 Å². The molecule has 0 saturated carbocycles. The Labute approximate surface area is 202 Å². The van der Waals surface area contributed by atoms with Crippen molar-refractivity contribution in [3.63, 3.8) is 0 Å². The standard InChI is InChI=1S/C21H27N7O6S/c1-12(19-22-8-15(32-4)9-23-19)13(2)35(29,30)27-21-26-25-20-18-16(6-7-17(24-18)33-5)34-11-14(10-31-3)28(20)21/h6-9,12-14H,10-11H2,1-5H3,(H,26,27)/t12-,13-,14-/m0/s1. The maximum absolute atomic E-state index is 13.3. The second kappa shape index (κ2) is 10.00. The number of aromatic nitrogens is 6. The molecule has 1 N–H and O–H groups in total. The molecule has 4 rings (SSSR count). The molecule has 0 unspecified atom stereocenters. The summed E-state index contributed by atoms with van der Waals surface area (Å²) in [6.07, 6.45) is 3.00. The monoisotopic (exact) mass is 505 g/mol. The molecule has 0 spiro atoms. The minimum atomic E-state index is -3.93. The predicted molar refractivity (Wildman–Crippen MR) is 125 cm³/mol. The first-order chi connectivity index (χ1) is 16.8. The number of nitrogens with one attached hydrogen (secondary N) is 1. The lowest BCUT2D eigenvalue weighted by Crippen LogP contribution is -2.32. The minimum Gasteiger partial charge on any atom is -0.494 e. The summed E-state index contributed by atoms with van der Waals surface area (Å²) >= 11 is 0. The van der Waals surface area contributed by atoms with Crippen LogP contribution in [0.2, 0.25) is 0 Å². The number of nitrogens with zero attached hydrogens (tertiary/aromatic N) is 6. The summed E-state index contributed by atoms with van der Waals surface area (Å²) in [5.74, 6) is 1.53. The molecule has 0 amide bonds. The maximum Gasteiger partial charge on any atom is 0.239 e. The number of hydrogen-bond donors (Lipinski definition) is 1. The Bertz CT molecular complexity index is 1280. The molecule has 188 valence electrons. The molecule has 13 nitrogen and oxygen atoms in total. The smallest absolute Gasteiger partial charge is 0.239 e. The lowest BCUT2D eigenvalue weighted by Gasteiger charge is -2.22. The summed E-state index contributed by atoms with van der Waals surface area (Å²) < 4.78 is 52.5. The fourth-order valence-corrected chi connectivity index (χ4v) is 4.87. The van der Waals surface area contributed by atoms with E-state index in [1.807, 2.05) is 0 Å². The number of hydrogen-bond acceptors (Lipinski definition) is 11. The van der Waals surface area contributed by atoms with Crippen molar-refractivity contribution in [3.8, 4) is 28.9 Å². The van der Waals surface area contributed by atoms with Crippen LogP contribution in [0.15, 0.2) is 24.5 Å². The van der Waals surface area contributed by atoms with Crippen LogP contribution in [0.4, 0.5) is 5.95 Å². The number of methoxy groups -OCH3 is 3. The molecular formula is C21H27N7O6S. The van der Waals surface area contributed by atoms with Crippen LogP contribution in [-0.4, -0.2) is 77.9 Å². The molecule has 3 atom stereocenters. The van der Waals surface area contributed by atoms with Gasteiger partial charge in [0.1, 0.15) is 18.2 Å². The maximum atomic E-state index is 13.3. The Morgan fingerprint density at radius 1 is 1.14 bits per heavy atom. The predicted octanol–water partition coefficient (Wildman–Crippen LogP) is 1.66. The number of rotatable bonds is 9. The van der Waals surface area contributed by atoms with E-state index in [0.29, 0.717) is 34.7 Å². The highest BCUT2D eigenvalue weighted by Gasteiger charge is 2.34. The summed E-state index contributed by atoms with van der Waals surface area (Å²) in [6, 6.07) is 2.97. The third kappa shape index (κ3) is 4.84. The summed E-state index contributed by atoms with van der Waals surface area (Å²) in [6.45, 7) is 3.75. The average molecular weight is 506 g/mol. The van der Waals surface area contributed by atoms with Gasteiger partial charge in [-0.25, -0.2) is 23.4 Å². The summed E-state index contributed by atoms with van der Waals surface area (Å²) in [7, 11) is 0.621. The van der Waals surface area contributed by atoms with Gasteiger partial charge in [-0.3, -0.25) is 9.29 Å². The van der Waals surface area contributed by atoms with Crippen molar-refractivity contribution >= 4 is 16.0 Å². The third-order valence-electron chi connectivity index (χ3n) is 5.82. The average Bonchev–Trinajstić information content (AvgIpc) is 3.20. The van der Waals surface area contributed by atoms with Gasteiger partial charge >= 0.3 is 0 Å². The van der Waals surface area contributed by atoms with Gasteiger partial charge < -0.3 is 18.9 Å². The minimum absolute atomic E-state index is 0.0258. The van der Waals surface area contributed by atoms with Crippen molar-refractivity contribution in [2.45, 2.75) is 31.1 Å². The normalized spacial score (nSPS) is 16.8. The fourth-order valence-electron chi connectivity index (χ4n) is 3.63. The lowest BCUT2D eigenvalue weighted by atomic mass is 10.1. The number of sulfonamides is 1. The van der Waals surface area contributed by atoms with E-state index in [0.717, 1.165) is 0 Å². The van der Waals surface area contributed by atoms with E-state index in [4.69, 9.17) is 18.9 Å². The van der Waals surface area contributed by atoms with E-state index in [2.05, 4.69) is 29.9 Å². The van der Waals surface area contributed by atoms with Crippen LogP contribution in [0.3, 0.4) is 0 Å². The Kier molecular flexibility index (Phi) is 7.03. The summed E-state index contributed by atoms with van der Waals surface area (Å²) in [5.41, 5.74) is 0.383. The second-order valence-corrected chi connectivity index (χ2v) is 10.00. The second-order valence-electron chi connectivity index (χ2n) is 7.96. The van der Waals surface area contributed by atoms with E-state index in [-0.39, 0.29) is 19.2 Å². The molecule has 0 radical (unpaired) electrons. The molecule has 0 aliphatic carbocycles. The first kappa shape index (κ1) is 24.6. The highest BCUT2D eigenvalue weighted by molar-refractivity contribution is 7.93. The quantitative estimate of drug-likeness (QED) is 0.452. The Morgan fingerprint density at radius 2 is 1.89 bits per heavy atom. The molecule has 0 bridgehead atoms. The summed E-state index contributed by atoms with van der Waals surface area (Å²) in [4.78, 5) is 12.9. The van der Waals surface area contributed by atoms with E-state index in [9.17, 15) is 8.42 Å². The SMILES string of the molecule is COC[C@H]1COc2ccc(OC)nc2-c2nnc(NS(=O)(=O)[C@@H](C)[C@H](C)c3ncc(OC)cn3)n21. The third-order valence-corrected chi connectivity index (χ3v) is 7.68. The number of ether oxygens (including phenoxy) is 4. The van der Waals surface area contributed by atoms with Crippen LogP contribution >= 0.6 is 0 Å². The van der Waals surface area contributed by atoms with E-state index in [1.54, 1.807) is 37.7 Å². The van der Waals surface area contributed by atoms with Crippen molar-refractivity contribution < 1.29 is 27.4 Å².